The molecule has 0 radical (unpaired) electrons. The Morgan fingerprint density at radius 2 is 1.60 bits per heavy atom. The third-order valence-electron chi connectivity index (χ3n) is 12.6. The van der Waals surface area contributed by atoms with Crippen LogP contribution in [0.25, 0.3) is 10.9 Å². The van der Waals surface area contributed by atoms with Crippen LogP contribution in [-0.2, 0) is 29.1 Å². The van der Waals surface area contributed by atoms with Crippen molar-refractivity contribution in [2.75, 3.05) is 39.3 Å². The summed E-state index contributed by atoms with van der Waals surface area (Å²) in [6.07, 6.45) is 1.46. The number of piperidine rings is 3. The number of amides is 2. The fourth-order valence-corrected chi connectivity index (χ4v) is 9.29. The molecule has 3 aliphatic heterocycles. The Bertz CT molecular complexity index is 2330. The predicted molar refractivity (Wildman–Crippen MR) is 250 cm³/mol. The first-order valence-electron chi connectivity index (χ1n) is 22.3. The number of phenols is 1. The fourth-order valence-electron chi connectivity index (χ4n) is 8.02. The molecule has 65 heavy (non-hydrogen) atoms. The number of aromatic hydroxyl groups is 1. The smallest absolute Gasteiger partial charge is 0.410 e. The maximum absolute atomic E-state index is 14.0. The molecule has 352 valence electrons. The normalized spacial score (nSPS) is 18.6. The Labute approximate surface area is 382 Å². The van der Waals surface area contributed by atoms with E-state index >= 15 is 0 Å². The van der Waals surface area contributed by atoms with E-state index in [9.17, 15) is 29.4 Å². The van der Waals surface area contributed by atoms with Crippen LogP contribution in [0.5, 0.6) is 5.75 Å². The number of rotatable bonds is 15. The van der Waals surface area contributed by atoms with E-state index < -0.39 is 37.7 Å². The van der Waals surface area contributed by atoms with E-state index in [0.717, 1.165) is 25.9 Å². The van der Waals surface area contributed by atoms with E-state index in [0.29, 0.717) is 35.9 Å². The van der Waals surface area contributed by atoms with E-state index in [-0.39, 0.29) is 77.0 Å². The molecule has 0 spiro atoms. The zero-order valence-corrected chi connectivity index (χ0v) is 39.9. The summed E-state index contributed by atoms with van der Waals surface area (Å²) in [5, 5.41) is 33.2. The molecule has 3 saturated heterocycles. The molecule has 15 nitrogen and oxygen atoms in total. The number of hydrogen-bond acceptors (Lipinski definition) is 11. The highest BCUT2D eigenvalue weighted by molar-refractivity contribution is 6.74. The van der Waals surface area contributed by atoms with Crippen molar-refractivity contribution in [2.24, 2.45) is 5.92 Å². The number of aliphatic hydroxyl groups is 1. The molecule has 1 aromatic heterocycles. The number of unbranched alkanes of at least 4 members (excludes halogenated alkanes) is 1. The number of pyridine rings is 1. The van der Waals surface area contributed by atoms with Gasteiger partial charge in [-0.05, 0) is 119 Å². The number of hydrogen-bond donors (Lipinski definition) is 5. The number of H-pyrrole nitrogens is 1. The maximum Gasteiger partial charge on any atom is 0.410 e. The molecule has 4 aromatic rings. The maximum atomic E-state index is 14.0. The summed E-state index contributed by atoms with van der Waals surface area (Å²) in [4.78, 5) is 68.8. The van der Waals surface area contributed by atoms with Crippen molar-refractivity contribution in [3.8, 4) is 5.75 Å². The largest absolute Gasteiger partial charge is 0.506 e. The van der Waals surface area contributed by atoms with Gasteiger partial charge in [0.05, 0.1) is 18.2 Å². The second-order valence-corrected chi connectivity index (χ2v) is 24.1. The van der Waals surface area contributed by atoms with Crippen molar-refractivity contribution in [2.45, 2.75) is 109 Å². The van der Waals surface area contributed by atoms with E-state index in [1.807, 2.05) is 26.8 Å². The number of ether oxygens (including phenoxy) is 2. The first kappa shape index (κ1) is 50.4. The van der Waals surface area contributed by atoms with Crippen molar-refractivity contribution >= 4 is 43.7 Å². The van der Waals surface area contributed by atoms with Crippen molar-refractivity contribution < 1.29 is 48.4 Å². The molecule has 0 saturated carbocycles. The van der Waals surface area contributed by atoms with Gasteiger partial charge in [-0.2, -0.15) is 0 Å². The second-order valence-electron chi connectivity index (χ2n) is 19.4. The predicted octanol–water partition coefficient (Wildman–Crippen LogP) is 7.32. The number of fused-ring (bicyclic) bond motifs is 4. The number of carbonyl (C=O) groups is 4. The van der Waals surface area contributed by atoms with E-state index in [1.54, 1.807) is 59.5 Å². The van der Waals surface area contributed by atoms with Crippen molar-refractivity contribution in [3.63, 3.8) is 0 Å². The number of aromatic nitrogens is 1. The molecule has 3 aliphatic rings. The van der Waals surface area contributed by atoms with Crippen LogP contribution in [0.2, 0.25) is 18.1 Å². The molecular formula is C49H66N4O11Si. The van der Waals surface area contributed by atoms with Gasteiger partial charge in [-0.15, -0.1) is 0 Å². The number of carbonyl (C=O) groups excluding carboxylic acids is 3. The number of benzene rings is 3. The molecule has 7 rings (SSSR count). The van der Waals surface area contributed by atoms with Gasteiger partial charge in [-0.1, -0.05) is 69.3 Å². The van der Waals surface area contributed by atoms with Crippen LogP contribution in [-0.4, -0.2) is 114 Å². The van der Waals surface area contributed by atoms with Crippen molar-refractivity contribution in [1.29, 1.82) is 0 Å². The highest BCUT2D eigenvalue weighted by Gasteiger charge is 2.46. The summed E-state index contributed by atoms with van der Waals surface area (Å²) in [7, 11) is -2.46. The van der Waals surface area contributed by atoms with Gasteiger partial charge in [-0.25, -0.2) is 9.59 Å². The van der Waals surface area contributed by atoms with Crippen molar-refractivity contribution in [3.05, 3.63) is 111 Å². The Balaban J connectivity index is 0.00000257. The van der Waals surface area contributed by atoms with Crippen LogP contribution in [0.1, 0.15) is 100 Å². The summed E-state index contributed by atoms with van der Waals surface area (Å²) in [5.74, 6) is -0.960. The minimum atomic E-state index is -2.46. The van der Waals surface area contributed by atoms with Gasteiger partial charge in [0.25, 0.3) is 12.4 Å². The highest BCUT2D eigenvalue weighted by atomic mass is 28.4. The molecule has 16 heteroatoms. The number of aromatic amines is 1. The lowest BCUT2D eigenvalue weighted by Gasteiger charge is -2.44. The molecule has 3 atom stereocenters. The lowest BCUT2D eigenvalue weighted by atomic mass is 9.84. The number of nitrogens with one attached hydrogen (secondary N) is 2. The molecule has 3 aromatic carbocycles. The lowest BCUT2D eigenvalue weighted by Crippen LogP contribution is -2.53. The van der Waals surface area contributed by atoms with Gasteiger partial charge in [-0.3, -0.25) is 19.3 Å². The van der Waals surface area contributed by atoms with E-state index in [1.165, 1.54) is 18.2 Å². The standard InChI is InChI=1S/C48H64N4O9Si.CH2O2/c1-46(2,3)60-45(57)52(31-40(61-62(7,8)47(4,5)6)36-19-21-38(53)42-37(36)20-22-41(54)50-42)26-13-12-25-49-43(55)33-15-14-18-35(29-33)48(58,34-16-10-9-11-17-34)44(56)59-39-30-51-27-23-32(39)24-28-51;2-1-3/h9-11,14-22,29,32,39-40,53,58H,12-13,23-28,30-31H2,1-8H3,(H,49,55)(H,50,54);1H,(H,2,3)/t39-,40-,48?;/m0./s1. The quantitative estimate of drug-likeness (QED) is 0.0344. The third kappa shape index (κ3) is 12.6. The van der Waals surface area contributed by atoms with Gasteiger partial charge in [0.15, 0.2) is 8.32 Å². The zero-order valence-electron chi connectivity index (χ0n) is 38.9. The summed E-state index contributed by atoms with van der Waals surface area (Å²) < 4.78 is 19.0. The van der Waals surface area contributed by atoms with Crippen LogP contribution in [0, 0.1) is 5.92 Å². The molecule has 0 aliphatic carbocycles. The van der Waals surface area contributed by atoms with Gasteiger partial charge < -0.3 is 44.4 Å². The topological polar surface area (TPSA) is 208 Å². The third-order valence-corrected chi connectivity index (χ3v) is 17.0. The average molecular weight is 915 g/mol. The van der Waals surface area contributed by atoms with Gasteiger partial charge >= 0.3 is 12.1 Å². The average Bonchev–Trinajstić information content (AvgIpc) is 3.25. The monoisotopic (exact) mass is 914 g/mol. The first-order valence-corrected chi connectivity index (χ1v) is 25.2. The molecule has 1 unspecified atom stereocenters. The zero-order chi connectivity index (χ0) is 47.7. The van der Waals surface area contributed by atoms with Crippen LogP contribution in [0.15, 0.2) is 83.7 Å². The number of phenolic OH excluding ortho intramolecular Hbond substituents is 1. The SMILES string of the molecule is CC(C)(C)OC(=O)N(CCCCNC(=O)c1cccc(C(O)(C(=O)O[C@H]2CN3CCC2CC3)c2ccccc2)c1)C[C@H](O[Si](C)(C)C(C)(C)C)c1ccc(O)c2[nH]c(=O)ccc12.O=CO. The molecular weight excluding hydrogens is 849 g/mol. The Morgan fingerprint density at radius 1 is 0.938 bits per heavy atom. The molecule has 2 bridgehead atoms. The van der Waals surface area contributed by atoms with Crippen LogP contribution < -0.4 is 10.9 Å². The van der Waals surface area contributed by atoms with E-state index in [4.69, 9.17) is 23.8 Å². The summed E-state index contributed by atoms with van der Waals surface area (Å²) in [6, 6.07) is 21.5. The van der Waals surface area contributed by atoms with Crippen LogP contribution >= 0.6 is 0 Å². The minimum absolute atomic E-state index is 0.0700. The first-order chi connectivity index (χ1) is 30.6. The van der Waals surface area contributed by atoms with Gasteiger partial charge in [0.1, 0.15) is 17.5 Å². The van der Waals surface area contributed by atoms with Crippen LogP contribution in [0.4, 0.5) is 4.79 Å². The molecule has 2 amide bonds. The lowest BCUT2D eigenvalue weighted by molar-refractivity contribution is -0.177. The summed E-state index contributed by atoms with van der Waals surface area (Å²) >= 11 is 0. The van der Waals surface area contributed by atoms with E-state index in [2.05, 4.69) is 49.1 Å². The molecule has 5 N–H and O–H groups in total. The van der Waals surface area contributed by atoms with Crippen molar-refractivity contribution in [1.82, 2.24) is 20.1 Å². The summed E-state index contributed by atoms with van der Waals surface area (Å²) in [5.41, 5.74) is -1.39. The Kier molecular flexibility index (Phi) is 16.4. The number of carboxylic acid groups (broad SMARTS) is 1. The molecule has 4 heterocycles. The number of nitrogens with zero attached hydrogens (tertiary/aromatic N) is 2. The number of esters is 1. The Morgan fingerprint density at radius 3 is 2.22 bits per heavy atom. The van der Waals surface area contributed by atoms with Crippen LogP contribution in [0.3, 0.4) is 0 Å². The Hall–Kier alpha value is -5.55. The van der Waals surface area contributed by atoms with Gasteiger partial charge in [0, 0.05) is 42.2 Å². The van der Waals surface area contributed by atoms with Gasteiger partial charge in [0.2, 0.25) is 11.2 Å². The highest BCUT2D eigenvalue weighted by Crippen LogP contribution is 2.42. The molecule has 3 fully saturated rings. The summed E-state index contributed by atoms with van der Waals surface area (Å²) in [6.45, 7) is 19.2. The second kappa shape index (κ2) is 21.2. The minimum Gasteiger partial charge on any atom is -0.506 e. The fraction of sp³-hybridized carbons (Fsp3) is 0.490.